The fourth-order valence-electron chi connectivity index (χ4n) is 3.93. The van der Waals surface area contributed by atoms with Crippen LogP contribution in [0.2, 0.25) is 25.2 Å². The van der Waals surface area contributed by atoms with Crippen LogP contribution >= 0.6 is 0 Å². The zero-order valence-electron chi connectivity index (χ0n) is 19.3. The van der Waals surface area contributed by atoms with Crippen molar-refractivity contribution >= 4 is 19.7 Å². The molecule has 0 radical (unpaired) electrons. The Balaban J connectivity index is 2.03. The summed E-state index contributed by atoms with van der Waals surface area (Å²) in [6.45, 7) is 8.38. The Morgan fingerprint density at radius 3 is 1.90 bits per heavy atom. The van der Waals surface area contributed by atoms with Crippen molar-refractivity contribution < 1.29 is 9.90 Å². The first-order valence-corrected chi connectivity index (χ1v) is 15.4. The number of benzene rings is 1. The summed E-state index contributed by atoms with van der Waals surface area (Å²) < 4.78 is 0. The molecule has 29 heavy (non-hydrogen) atoms. The molecule has 0 spiro atoms. The minimum absolute atomic E-state index is 0.0963. The van der Waals surface area contributed by atoms with Gasteiger partial charge in [-0.3, -0.25) is 4.79 Å². The molecule has 0 amide bonds. The van der Waals surface area contributed by atoms with E-state index in [2.05, 4.69) is 25.3 Å². The Morgan fingerprint density at radius 1 is 0.828 bits per heavy atom. The quantitative estimate of drug-likeness (QED) is 0.189. The van der Waals surface area contributed by atoms with Gasteiger partial charge in [0.15, 0.2) is 0 Å². The maximum absolute atomic E-state index is 10.7. The van der Waals surface area contributed by atoms with Crippen molar-refractivity contribution in [2.75, 3.05) is 11.9 Å². The summed E-state index contributed by atoms with van der Waals surface area (Å²) in [4.78, 5) is 10.7. The normalized spacial score (nSPS) is 11.6. The smallest absolute Gasteiger partial charge is 0.307 e. The van der Waals surface area contributed by atoms with E-state index in [0.29, 0.717) is 0 Å². The highest BCUT2D eigenvalue weighted by Crippen LogP contribution is 2.22. The van der Waals surface area contributed by atoms with Crippen molar-refractivity contribution in [1.82, 2.24) is 0 Å². The van der Waals surface area contributed by atoms with Gasteiger partial charge in [0.1, 0.15) is 0 Å². The molecule has 0 fully saturated rings. The average Bonchev–Trinajstić information content (AvgIpc) is 2.67. The summed E-state index contributed by atoms with van der Waals surface area (Å²) >= 11 is 0. The summed E-state index contributed by atoms with van der Waals surface area (Å²) in [7, 11) is -1.06. The van der Waals surface area contributed by atoms with Gasteiger partial charge in [-0.15, -0.1) is 0 Å². The molecule has 2 N–H and O–H groups in total. The number of hydrogen-bond donors (Lipinski definition) is 2. The SMILES string of the molecule is CCCCCCCCCCCC[Si](C)(C)CCCNc1ccc(CC(=O)O)cc1. The van der Waals surface area contributed by atoms with Gasteiger partial charge in [0, 0.05) is 20.3 Å². The molecule has 0 saturated carbocycles. The first-order chi connectivity index (χ1) is 13.9. The second-order valence-electron chi connectivity index (χ2n) is 9.39. The van der Waals surface area contributed by atoms with Crippen molar-refractivity contribution in [2.24, 2.45) is 0 Å². The maximum Gasteiger partial charge on any atom is 0.307 e. The average molecular weight is 420 g/mol. The second kappa shape index (κ2) is 15.5. The van der Waals surface area contributed by atoms with Gasteiger partial charge in [-0.05, 0) is 24.1 Å². The highest BCUT2D eigenvalue weighted by Gasteiger charge is 2.19. The molecule has 0 aromatic heterocycles. The van der Waals surface area contributed by atoms with Gasteiger partial charge >= 0.3 is 5.97 Å². The monoisotopic (exact) mass is 419 g/mol. The van der Waals surface area contributed by atoms with Gasteiger partial charge in [-0.25, -0.2) is 0 Å². The van der Waals surface area contributed by atoms with E-state index in [-0.39, 0.29) is 6.42 Å². The number of nitrogens with one attached hydrogen (secondary N) is 1. The van der Waals surface area contributed by atoms with Gasteiger partial charge in [-0.2, -0.15) is 0 Å². The van der Waals surface area contributed by atoms with Crippen LogP contribution in [0.25, 0.3) is 0 Å². The van der Waals surface area contributed by atoms with E-state index in [1.807, 2.05) is 24.3 Å². The van der Waals surface area contributed by atoms with Crippen LogP contribution in [0.15, 0.2) is 24.3 Å². The van der Waals surface area contributed by atoms with E-state index in [0.717, 1.165) is 17.8 Å². The fourth-order valence-corrected chi connectivity index (χ4v) is 6.52. The molecule has 1 aromatic carbocycles. The van der Waals surface area contributed by atoms with Gasteiger partial charge in [0.2, 0.25) is 0 Å². The van der Waals surface area contributed by atoms with Crippen molar-refractivity contribution in [1.29, 1.82) is 0 Å². The summed E-state index contributed by atoms with van der Waals surface area (Å²) in [5.41, 5.74) is 1.95. The highest BCUT2D eigenvalue weighted by atomic mass is 28.3. The summed E-state index contributed by atoms with van der Waals surface area (Å²) in [5, 5.41) is 12.3. The van der Waals surface area contributed by atoms with Crippen LogP contribution < -0.4 is 5.32 Å². The van der Waals surface area contributed by atoms with Crippen molar-refractivity contribution in [3.8, 4) is 0 Å². The number of rotatable bonds is 18. The largest absolute Gasteiger partial charge is 0.481 e. The van der Waals surface area contributed by atoms with E-state index in [9.17, 15) is 4.79 Å². The molecule has 166 valence electrons. The Bertz CT molecular complexity index is 542. The lowest BCUT2D eigenvalue weighted by molar-refractivity contribution is -0.136. The lowest BCUT2D eigenvalue weighted by Crippen LogP contribution is -2.25. The molecule has 4 heteroatoms. The standard InChI is InChI=1S/C25H45NO2Si/c1-4-5-6-7-8-9-10-11-12-13-20-29(2,3)21-14-19-26-24-17-15-23(16-18-24)22-25(27)28/h15-18,26H,4-14,19-22H2,1-3H3,(H,27,28). The Hall–Kier alpha value is -1.29. The van der Waals surface area contributed by atoms with E-state index in [4.69, 9.17) is 5.11 Å². The van der Waals surface area contributed by atoms with Crippen LogP contribution in [0.3, 0.4) is 0 Å². The molecular formula is C25H45NO2Si. The molecule has 0 saturated heterocycles. The summed E-state index contributed by atoms with van der Waals surface area (Å²) in [5.74, 6) is -0.777. The minimum Gasteiger partial charge on any atom is -0.481 e. The van der Waals surface area contributed by atoms with E-state index < -0.39 is 14.0 Å². The number of aliphatic carboxylic acids is 1. The van der Waals surface area contributed by atoms with Gasteiger partial charge in [0.05, 0.1) is 6.42 Å². The van der Waals surface area contributed by atoms with Crippen molar-refractivity contribution in [3.05, 3.63) is 29.8 Å². The maximum atomic E-state index is 10.7. The topological polar surface area (TPSA) is 49.3 Å². The molecular weight excluding hydrogens is 374 g/mol. The number of carboxylic acids is 1. The molecule has 0 aliphatic heterocycles. The number of carboxylic acid groups (broad SMARTS) is 1. The molecule has 1 aromatic rings. The predicted molar refractivity (Wildman–Crippen MR) is 130 cm³/mol. The number of unbranched alkanes of at least 4 members (excludes halogenated alkanes) is 9. The Labute approximate surface area is 180 Å². The lowest BCUT2D eigenvalue weighted by atomic mass is 10.1. The zero-order chi connectivity index (χ0) is 21.4. The van der Waals surface area contributed by atoms with E-state index in [1.54, 1.807) is 0 Å². The molecule has 3 nitrogen and oxygen atoms in total. The summed E-state index contributed by atoms with van der Waals surface area (Å²) in [6.07, 6.45) is 15.5. The van der Waals surface area contributed by atoms with Gasteiger partial charge in [0.25, 0.3) is 0 Å². The lowest BCUT2D eigenvalue weighted by Gasteiger charge is -2.22. The number of carbonyl (C=O) groups is 1. The number of anilines is 1. The number of hydrogen-bond acceptors (Lipinski definition) is 2. The van der Waals surface area contributed by atoms with Crippen LogP contribution in [0.5, 0.6) is 0 Å². The zero-order valence-corrected chi connectivity index (χ0v) is 20.3. The van der Waals surface area contributed by atoms with Crippen LogP contribution in [0.1, 0.15) is 83.1 Å². The molecule has 0 aliphatic carbocycles. The van der Waals surface area contributed by atoms with Crippen LogP contribution in [0, 0.1) is 0 Å². The molecule has 0 heterocycles. The van der Waals surface area contributed by atoms with Crippen molar-refractivity contribution in [3.63, 3.8) is 0 Å². The molecule has 1 rings (SSSR count). The van der Waals surface area contributed by atoms with Gasteiger partial charge in [-0.1, -0.05) is 108 Å². The fraction of sp³-hybridized carbons (Fsp3) is 0.720. The highest BCUT2D eigenvalue weighted by molar-refractivity contribution is 6.77. The van der Waals surface area contributed by atoms with E-state index >= 15 is 0 Å². The van der Waals surface area contributed by atoms with Crippen LogP contribution in [0.4, 0.5) is 5.69 Å². The van der Waals surface area contributed by atoms with E-state index in [1.165, 1.54) is 82.7 Å². The molecule has 0 atom stereocenters. The van der Waals surface area contributed by atoms with Crippen molar-refractivity contribution in [2.45, 2.75) is 109 Å². The minimum atomic E-state index is -1.06. The third-order valence-electron chi connectivity index (χ3n) is 5.88. The molecule has 0 bridgehead atoms. The second-order valence-corrected chi connectivity index (χ2v) is 14.7. The first kappa shape index (κ1) is 25.7. The van der Waals surface area contributed by atoms with Crippen LogP contribution in [-0.4, -0.2) is 25.7 Å². The van der Waals surface area contributed by atoms with Gasteiger partial charge < -0.3 is 10.4 Å². The first-order valence-electron chi connectivity index (χ1n) is 12.0. The summed E-state index contributed by atoms with van der Waals surface area (Å²) in [6, 6.07) is 10.6. The third kappa shape index (κ3) is 14.3. The predicted octanol–water partition coefficient (Wildman–Crippen LogP) is 7.75. The van der Waals surface area contributed by atoms with Crippen LogP contribution in [-0.2, 0) is 11.2 Å². The molecule has 0 aliphatic rings. The molecule has 0 unspecified atom stereocenters. The third-order valence-corrected chi connectivity index (χ3v) is 9.29. The Morgan fingerprint density at radius 2 is 1.34 bits per heavy atom. The Kier molecular flexibility index (Phi) is 13.8.